The third-order valence-electron chi connectivity index (χ3n) is 3.05. The van der Waals surface area contributed by atoms with E-state index in [4.69, 9.17) is 10.2 Å². The normalized spacial score (nSPS) is 10.4. The number of nitrogen functional groups attached to an aromatic ring is 1. The number of hydrogen-bond acceptors (Lipinski definition) is 3. The number of nitrogens with two attached hydrogens (primary N) is 1. The zero-order valence-electron chi connectivity index (χ0n) is 11.2. The van der Waals surface area contributed by atoms with E-state index < -0.39 is 0 Å². The van der Waals surface area contributed by atoms with Crippen molar-refractivity contribution in [1.29, 1.82) is 0 Å². The molecule has 0 fully saturated rings. The molecule has 0 saturated carbocycles. The van der Waals surface area contributed by atoms with Gasteiger partial charge in [0.25, 0.3) is 5.91 Å². The summed E-state index contributed by atoms with van der Waals surface area (Å²) in [4.78, 5) is 14.1. The Kier molecular flexibility index (Phi) is 3.90. The Morgan fingerprint density at radius 2 is 2.16 bits per heavy atom. The van der Waals surface area contributed by atoms with Gasteiger partial charge in [0.15, 0.2) is 5.76 Å². The van der Waals surface area contributed by atoms with Gasteiger partial charge in [-0.3, -0.25) is 4.79 Å². The van der Waals surface area contributed by atoms with Crippen LogP contribution in [0.15, 0.2) is 41.0 Å². The zero-order valence-corrected chi connectivity index (χ0v) is 11.2. The number of hydrogen-bond donors (Lipinski definition) is 1. The zero-order chi connectivity index (χ0) is 13.8. The van der Waals surface area contributed by atoms with E-state index in [0.717, 1.165) is 11.1 Å². The van der Waals surface area contributed by atoms with Crippen molar-refractivity contribution in [3.63, 3.8) is 0 Å². The van der Waals surface area contributed by atoms with E-state index >= 15 is 0 Å². The molecule has 2 N–H and O–H groups in total. The standard InChI is InChI=1S/C15H18N2O2/c1-3-17(10-12-5-4-6-13(16)9-12)15(18)14-11(2)7-8-19-14/h4-9H,3,10,16H2,1-2H3. The van der Waals surface area contributed by atoms with Gasteiger partial charge in [-0.05, 0) is 37.6 Å². The minimum Gasteiger partial charge on any atom is -0.459 e. The number of amides is 1. The van der Waals surface area contributed by atoms with E-state index in [1.165, 1.54) is 6.26 Å². The summed E-state index contributed by atoms with van der Waals surface area (Å²) in [6, 6.07) is 9.35. The molecule has 4 heteroatoms. The molecular formula is C15H18N2O2. The van der Waals surface area contributed by atoms with Crippen molar-refractivity contribution < 1.29 is 9.21 Å². The minimum absolute atomic E-state index is 0.0903. The summed E-state index contributed by atoms with van der Waals surface area (Å²) in [5.74, 6) is 0.318. The molecule has 2 rings (SSSR count). The summed E-state index contributed by atoms with van der Waals surface area (Å²) >= 11 is 0. The molecule has 0 radical (unpaired) electrons. The maximum atomic E-state index is 12.3. The fraction of sp³-hybridized carbons (Fsp3) is 0.267. The molecular weight excluding hydrogens is 240 g/mol. The van der Waals surface area contributed by atoms with Crippen molar-refractivity contribution in [1.82, 2.24) is 4.90 Å². The summed E-state index contributed by atoms with van der Waals surface area (Å²) in [6.07, 6.45) is 1.54. The predicted molar refractivity (Wildman–Crippen MR) is 74.7 cm³/mol. The van der Waals surface area contributed by atoms with Crippen molar-refractivity contribution in [2.45, 2.75) is 20.4 Å². The van der Waals surface area contributed by atoms with Crippen molar-refractivity contribution >= 4 is 11.6 Å². The van der Waals surface area contributed by atoms with Gasteiger partial charge >= 0.3 is 0 Å². The van der Waals surface area contributed by atoms with Gasteiger partial charge in [0.05, 0.1) is 6.26 Å². The number of anilines is 1. The Labute approximate surface area is 112 Å². The average Bonchev–Trinajstić information content (AvgIpc) is 2.81. The lowest BCUT2D eigenvalue weighted by Crippen LogP contribution is -2.30. The van der Waals surface area contributed by atoms with Gasteiger partial charge < -0.3 is 15.1 Å². The Morgan fingerprint density at radius 1 is 1.37 bits per heavy atom. The Morgan fingerprint density at radius 3 is 2.74 bits per heavy atom. The second kappa shape index (κ2) is 5.61. The number of rotatable bonds is 4. The third-order valence-corrected chi connectivity index (χ3v) is 3.05. The first-order chi connectivity index (χ1) is 9.11. The Balaban J connectivity index is 2.17. The van der Waals surface area contributed by atoms with Crippen LogP contribution in [0.3, 0.4) is 0 Å². The maximum Gasteiger partial charge on any atom is 0.290 e. The Bertz CT molecular complexity index is 575. The summed E-state index contributed by atoms with van der Waals surface area (Å²) in [5.41, 5.74) is 8.32. The molecule has 4 nitrogen and oxygen atoms in total. The first kappa shape index (κ1) is 13.2. The molecule has 0 aliphatic carbocycles. The highest BCUT2D eigenvalue weighted by atomic mass is 16.3. The molecule has 19 heavy (non-hydrogen) atoms. The highest BCUT2D eigenvalue weighted by Gasteiger charge is 2.19. The van der Waals surface area contributed by atoms with Crippen LogP contribution in [0.25, 0.3) is 0 Å². The molecule has 0 aliphatic heterocycles. The number of nitrogens with zero attached hydrogens (tertiary/aromatic N) is 1. The molecule has 1 aromatic heterocycles. The van der Waals surface area contributed by atoms with E-state index in [9.17, 15) is 4.79 Å². The smallest absolute Gasteiger partial charge is 0.290 e. The monoisotopic (exact) mass is 258 g/mol. The number of aryl methyl sites for hydroxylation is 1. The highest BCUT2D eigenvalue weighted by molar-refractivity contribution is 5.92. The van der Waals surface area contributed by atoms with Crippen LogP contribution in [0.4, 0.5) is 5.69 Å². The van der Waals surface area contributed by atoms with Gasteiger partial charge in [0, 0.05) is 24.3 Å². The Hall–Kier alpha value is -2.23. The summed E-state index contributed by atoms with van der Waals surface area (Å²) in [6.45, 7) is 4.96. The van der Waals surface area contributed by atoms with Crippen LogP contribution >= 0.6 is 0 Å². The summed E-state index contributed by atoms with van der Waals surface area (Å²) in [5, 5.41) is 0. The summed E-state index contributed by atoms with van der Waals surface area (Å²) < 4.78 is 5.25. The van der Waals surface area contributed by atoms with E-state index in [2.05, 4.69) is 0 Å². The number of benzene rings is 1. The lowest BCUT2D eigenvalue weighted by atomic mass is 10.1. The van der Waals surface area contributed by atoms with Gasteiger partial charge in [-0.25, -0.2) is 0 Å². The number of carbonyl (C=O) groups is 1. The lowest BCUT2D eigenvalue weighted by Gasteiger charge is -2.20. The molecule has 0 bridgehead atoms. The van der Waals surface area contributed by atoms with Gasteiger partial charge in [-0.1, -0.05) is 12.1 Å². The van der Waals surface area contributed by atoms with Crippen LogP contribution in [0, 0.1) is 6.92 Å². The topological polar surface area (TPSA) is 59.5 Å². The highest BCUT2D eigenvalue weighted by Crippen LogP contribution is 2.15. The number of carbonyl (C=O) groups excluding carboxylic acids is 1. The fourth-order valence-electron chi connectivity index (χ4n) is 1.97. The van der Waals surface area contributed by atoms with E-state index in [1.54, 1.807) is 11.0 Å². The molecule has 0 aliphatic rings. The quantitative estimate of drug-likeness (QED) is 0.858. The molecule has 1 amide bonds. The SMILES string of the molecule is CCN(Cc1cccc(N)c1)C(=O)c1occc1C. The first-order valence-electron chi connectivity index (χ1n) is 6.29. The second-order valence-electron chi connectivity index (χ2n) is 4.50. The molecule has 0 spiro atoms. The van der Waals surface area contributed by atoms with E-state index in [-0.39, 0.29) is 5.91 Å². The molecule has 0 atom stereocenters. The first-order valence-corrected chi connectivity index (χ1v) is 6.29. The van der Waals surface area contributed by atoms with Crippen molar-refractivity contribution in [3.05, 3.63) is 53.5 Å². The molecule has 1 aromatic carbocycles. The van der Waals surface area contributed by atoms with Gasteiger partial charge in [0.2, 0.25) is 0 Å². The van der Waals surface area contributed by atoms with E-state index in [0.29, 0.717) is 24.5 Å². The molecule has 2 aromatic rings. The van der Waals surface area contributed by atoms with Gasteiger partial charge in [-0.15, -0.1) is 0 Å². The average molecular weight is 258 g/mol. The minimum atomic E-state index is -0.0903. The molecule has 1 heterocycles. The maximum absolute atomic E-state index is 12.3. The van der Waals surface area contributed by atoms with Gasteiger partial charge in [-0.2, -0.15) is 0 Å². The largest absolute Gasteiger partial charge is 0.459 e. The molecule has 0 saturated heterocycles. The van der Waals surface area contributed by atoms with Crippen LogP contribution in [0.5, 0.6) is 0 Å². The second-order valence-corrected chi connectivity index (χ2v) is 4.50. The van der Waals surface area contributed by atoms with Crippen LogP contribution in [-0.4, -0.2) is 17.4 Å². The number of furan rings is 1. The van der Waals surface area contributed by atoms with Crippen LogP contribution in [-0.2, 0) is 6.54 Å². The summed E-state index contributed by atoms with van der Waals surface area (Å²) in [7, 11) is 0. The van der Waals surface area contributed by atoms with Crippen LogP contribution < -0.4 is 5.73 Å². The van der Waals surface area contributed by atoms with Crippen molar-refractivity contribution in [2.75, 3.05) is 12.3 Å². The molecule has 100 valence electrons. The fourth-order valence-corrected chi connectivity index (χ4v) is 1.97. The van der Waals surface area contributed by atoms with Crippen molar-refractivity contribution in [2.24, 2.45) is 0 Å². The van der Waals surface area contributed by atoms with Crippen LogP contribution in [0.2, 0.25) is 0 Å². The van der Waals surface area contributed by atoms with Gasteiger partial charge in [0.1, 0.15) is 0 Å². The predicted octanol–water partition coefficient (Wildman–Crippen LogP) is 2.83. The van der Waals surface area contributed by atoms with E-state index in [1.807, 2.05) is 38.1 Å². The van der Waals surface area contributed by atoms with Crippen molar-refractivity contribution in [3.8, 4) is 0 Å². The third kappa shape index (κ3) is 2.96. The lowest BCUT2D eigenvalue weighted by molar-refractivity contribution is 0.0719. The molecule has 0 unspecified atom stereocenters. The van der Waals surface area contributed by atoms with Crippen LogP contribution in [0.1, 0.15) is 28.6 Å².